The molecule has 1 saturated heterocycles. The van der Waals surface area contributed by atoms with E-state index in [9.17, 15) is 28.5 Å². The maximum atomic E-state index is 13.4. The first-order chi connectivity index (χ1) is 13.8. The fourth-order valence-corrected chi connectivity index (χ4v) is 3.46. The van der Waals surface area contributed by atoms with Crippen LogP contribution >= 0.6 is 0 Å². The van der Waals surface area contributed by atoms with Crippen molar-refractivity contribution in [3.05, 3.63) is 69.3 Å². The number of benzene rings is 2. The smallest absolute Gasteiger partial charge is 0.272 e. The van der Waals surface area contributed by atoms with Gasteiger partial charge in [-0.2, -0.15) is 0 Å². The number of rotatable bonds is 4. The van der Waals surface area contributed by atoms with Crippen LogP contribution in [0.2, 0.25) is 0 Å². The lowest BCUT2D eigenvalue weighted by Gasteiger charge is -2.34. The van der Waals surface area contributed by atoms with Crippen LogP contribution in [-0.2, 0) is 4.79 Å². The standard InChI is InChI=1S/C20H19F2N3O4/c1-12-8-13(5-6-17(12)25(28)29)20(27)24-7-3-2-4-18(24)19(26)23-16-10-14(21)9-15(22)11-16/h5-6,8-11,18H,2-4,7H2,1H3,(H,23,26). The Morgan fingerprint density at radius 3 is 2.45 bits per heavy atom. The summed E-state index contributed by atoms with van der Waals surface area (Å²) in [6, 6.07) is 5.93. The molecule has 0 bridgehead atoms. The molecule has 2 aromatic rings. The van der Waals surface area contributed by atoms with Crippen molar-refractivity contribution in [2.24, 2.45) is 0 Å². The number of anilines is 1. The second-order valence-corrected chi connectivity index (χ2v) is 6.92. The van der Waals surface area contributed by atoms with Gasteiger partial charge in [-0.15, -0.1) is 0 Å². The molecule has 9 heteroatoms. The van der Waals surface area contributed by atoms with Crippen LogP contribution < -0.4 is 5.32 Å². The van der Waals surface area contributed by atoms with Crippen molar-refractivity contribution in [3.63, 3.8) is 0 Å². The van der Waals surface area contributed by atoms with E-state index in [1.165, 1.54) is 30.0 Å². The number of aryl methyl sites for hydroxylation is 1. The van der Waals surface area contributed by atoms with Gasteiger partial charge in [0.1, 0.15) is 17.7 Å². The summed E-state index contributed by atoms with van der Waals surface area (Å²) in [5.41, 5.74) is 0.456. The summed E-state index contributed by atoms with van der Waals surface area (Å²) in [5.74, 6) is -2.61. The first-order valence-corrected chi connectivity index (χ1v) is 9.09. The highest BCUT2D eigenvalue weighted by molar-refractivity contribution is 6.01. The van der Waals surface area contributed by atoms with Crippen molar-refractivity contribution < 1.29 is 23.3 Å². The lowest BCUT2D eigenvalue weighted by Crippen LogP contribution is -2.50. The summed E-state index contributed by atoms with van der Waals surface area (Å²) in [4.78, 5) is 37.5. The molecule has 152 valence electrons. The maximum Gasteiger partial charge on any atom is 0.272 e. The first kappa shape index (κ1) is 20.4. The van der Waals surface area contributed by atoms with Crippen molar-refractivity contribution in [1.29, 1.82) is 0 Å². The van der Waals surface area contributed by atoms with Gasteiger partial charge < -0.3 is 10.2 Å². The lowest BCUT2D eigenvalue weighted by atomic mass is 9.99. The van der Waals surface area contributed by atoms with Crippen LogP contribution in [0.4, 0.5) is 20.2 Å². The number of carbonyl (C=O) groups is 2. The minimum Gasteiger partial charge on any atom is -0.327 e. The van der Waals surface area contributed by atoms with Gasteiger partial charge in [0, 0.05) is 35.5 Å². The van der Waals surface area contributed by atoms with Crippen LogP contribution in [0.1, 0.15) is 35.2 Å². The Hall–Kier alpha value is -3.36. The van der Waals surface area contributed by atoms with Gasteiger partial charge in [0.15, 0.2) is 0 Å². The van der Waals surface area contributed by atoms with Crippen molar-refractivity contribution in [3.8, 4) is 0 Å². The molecule has 1 aliphatic rings. The fourth-order valence-electron chi connectivity index (χ4n) is 3.46. The molecule has 1 fully saturated rings. The van der Waals surface area contributed by atoms with E-state index in [0.717, 1.165) is 18.6 Å². The molecule has 7 nitrogen and oxygen atoms in total. The highest BCUT2D eigenvalue weighted by atomic mass is 19.1. The molecule has 1 heterocycles. The Bertz CT molecular complexity index is 960. The Kier molecular flexibility index (Phi) is 5.86. The third-order valence-electron chi connectivity index (χ3n) is 4.84. The number of hydrogen-bond donors (Lipinski definition) is 1. The number of nitrogens with zero attached hydrogens (tertiary/aromatic N) is 2. The lowest BCUT2D eigenvalue weighted by molar-refractivity contribution is -0.385. The number of amides is 2. The largest absolute Gasteiger partial charge is 0.327 e. The van der Waals surface area contributed by atoms with Crippen LogP contribution in [0, 0.1) is 28.7 Å². The zero-order valence-electron chi connectivity index (χ0n) is 15.7. The summed E-state index contributed by atoms with van der Waals surface area (Å²) in [7, 11) is 0. The molecule has 0 aliphatic carbocycles. The highest BCUT2D eigenvalue weighted by Gasteiger charge is 2.33. The molecule has 2 aromatic carbocycles. The number of nitro benzene ring substituents is 1. The van der Waals surface area contributed by atoms with E-state index in [0.29, 0.717) is 31.0 Å². The van der Waals surface area contributed by atoms with Gasteiger partial charge >= 0.3 is 0 Å². The molecule has 0 aromatic heterocycles. The molecule has 0 saturated carbocycles. The van der Waals surface area contributed by atoms with Crippen molar-refractivity contribution in [2.75, 3.05) is 11.9 Å². The van der Waals surface area contributed by atoms with E-state index in [-0.39, 0.29) is 16.9 Å². The molecule has 2 amide bonds. The third kappa shape index (κ3) is 4.56. The molecule has 0 radical (unpaired) electrons. The number of carbonyl (C=O) groups excluding carboxylic acids is 2. The summed E-state index contributed by atoms with van der Waals surface area (Å²) in [6.07, 6.45) is 1.83. The van der Waals surface area contributed by atoms with Crippen molar-refractivity contribution in [2.45, 2.75) is 32.2 Å². The van der Waals surface area contributed by atoms with E-state index < -0.39 is 34.4 Å². The van der Waals surface area contributed by atoms with Gasteiger partial charge in [0.05, 0.1) is 4.92 Å². The van der Waals surface area contributed by atoms with Crippen molar-refractivity contribution in [1.82, 2.24) is 4.90 Å². The predicted octanol–water partition coefficient (Wildman–Crippen LogP) is 3.81. The van der Waals surface area contributed by atoms with Crippen molar-refractivity contribution >= 4 is 23.2 Å². The number of piperidine rings is 1. The zero-order chi connectivity index (χ0) is 21.1. The Morgan fingerprint density at radius 1 is 1.14 bits per heavy atom. The quantitative estimate of drug-likeness (QED) is 0.621. The summed E-state index contributed by atoms with van der Waals surface area (Å²) >= 11 is 0. The normalized spacial score (nSPS) is 16.4. The monoisotopic (exact) mass is 403 g/mol. The second kappa shape index (κ2) is 8.34. The van der Waals surface area contributed by atoms with Crippen LogP contribution in [0.25, 0.3) is 0 Å². The van der Waals surface area contributed by atoms with E-state index in [2.05, 4.69) is 5.32 Å². The molecular weight excluding hydrogens is 384 g/mol. The molecule has 1 unspecified atom stereocenters. The average molecular weight is 403 g/mol. The van der Waals surface area contributed by atoms with E-state index in [1.807, 2.05) is 0 Å². The van der Waals surface area contributed by atoms with E-state index >= 15 is 0 Å². The number of hydrogen-bond acceptors (Lipinski definition) is 4. The molecule has 3 rings (SSSR count). The molecule has 1 aliphatic heterocycles. The number of likely N-dealkylation sites (tertiary alicyclic amines) is 1. The van der Waals surface area contributed by atoms with Crippen LogP contribution in [0.15, 0.2) is 36.4 Å². The molecule has 29 heavy (non-hydrogen) atoms. The molecule has 0 spiro atoms. The van der Waals surface area contributed by atoms with Crippen LogP contribution in [0.5, 0.6) is 0 Å². The number of nitrogens with one attached hydrogen (secondary N) is 1. The van der Waals surface area contributed by atoms with Gasteiger partial charge in [-0.05, 0) is 50.5 Å². The average Bonchev–Trinajstić information content (AvgIpc) is 2.66. The summed E-state index contributed by atoms with van der Waals surface area (Å²) in [6.45, 7) is 1.87. The molecule has 1 atom stereocenters. The Balaban J connectivity index is 1.81. The Morgan fingerprint density at radius 2 is 1.83 bits per heavy atom. The van der Waals surface area contributed by atoms with Crippen LogP contribution in [-0.4, -0.2) is 34.2 Å². The van der Waals surface area contributed by atoms with Gasteiger partial charge in [-0.25, -0.2) is 8.78 Å². The van der Waals surface area contributed by atoms with Gasteiger partial charge in [0.2, 0.25) is 5.91 Å². The zero-order valence-corrected chi connectivity index (χ0v) is 15.7. The van der Waals surface area contributed by atoms with Gasteiger partial charge in [-0.1, -0.05) is 0 Å². The second-order valence-electron chi connectivity index (χ2n) is 6.92. The topological polar surface area (TPSA) is 92.6 Å². The van der Waals surface area contributed by atoms with E-state index in [4.69, 9.17) is 0 Å². The van der Waals surface area contributed by atoms with E-state index in [1.54, 1.807) is 0 Å². The molecular formula is C20H19F2N3O4. The van der Waals surface area contributed by atoms with Gasteiger partial charge in [-0.3, -0.25) is 19.7 Å². The SMILES string of the molecule is Cc1cc(C(=O)N2CCCCC2C(=O)Nc2cc(F)cc(F)c2)ccc1[N+](=O)[O-]. The number of nitro groups is 1. The fraction of sp³-hybridized carbons (Fsp3) is 0.300. The van der Waals surface area contributed by atoms with Crippen LogP contribution in [0.3, 0.4) is 0 Å². The minimum atomic E-state index is -0.821. The third-order valence-corrected chi connectivity index (χ3v) is 4.84. The van der Waals surface area contributed by atoms with Gasteiger partial charge in [0.25, 0.3) is 11.6 Å². The number of halogens is 2. The Labute approximate surface area is 165 Å². The summed E-state index contributed by atoms with van der Waals surface area (Å²) in [5, 5.41) is 13.4. The summed E-state index contributed by atoms with van der Waals surface area (Å²) < 4.78 is 26.7. The maximum absolute atomic E-state index is 13.4. The highest BCUT2D eigenvalue weighted by Crippen LogP contribution is 2.24. The predicted molar refractivity (Wildman–Crippen MR) is 101 cm³/mol. The minimum absolute atomic E-state index is 0.0309. The first-order valence-electron chi connectivity index (χ1n) is 9.09. The molecule has 1 N–H and O–H groups in total.